The average Bonchev–Trinajstić information content (AvgIpc) is 2.71. The molecule has 0 spiro atoms. The van der Waals surface area contributed by atoms with E-state index in [4.69, 9.17) is 9.47 Å². The van der Waals surface area contributed by atoms with Gasteiger partial charge in [-0.25, -0.2) is 0 Å². The summed E-state index contributed by atoms with van der Waals surface area (Å²) in [6.07, 6.45) is 4.74. The Hall–Kier alpha value is -1.92. The highest BCUT2D eigenvalue weighted by Gasteiger charge is 2.23. The normalized spacial score (nSPS) is 11.2. The van der Waals surface area contributed by atoms with E-state index in [0.717, 1.165) is 22.6 Å². The fourth-order valence-corrected chi connectivity index (χ4v) is 3.52. The third-order valence-corrected chi connectivity index (χ3v) is 5.86. The van der Waals surface area contributed by atoms with E-state index < -0.39 is 0 Å². The van der Waals surface area contributed by atoms with Gasteiger partial charge in [-0.05, 0) is 47.9 Å². The highest BCUT2D eigenvalue weighted by atomic mass is 32.2. The van der Waals surface area contributed by atoms with Crippen LogP contribution in [0, 0.1) is 0 Å². The van der Waals surface area contributed by atoms with Gasteiger partial charge >= 0.3 is 11.9 Å². The zero-order valence-corrected chi connectivity index (χ0v) is 19.0. The van der Waals surface area contributed by atoms with E-state index >= 15 is 0 Å². The summed E-state index contributed by atoms with van der Waals surface area (Å²) in [7, 11) is 0. The Morgan fingerprint density at radius 2 is 1.07 bits per heavy atom. The summed E-state index contributed by atoms with van der Waals surface area (Å²) in [6, 6.07) is 15.2. The molecule has 0 saturated heterocycles. The van der Waals surface area contributed by atoms with Gasteiger partial charge in [-0.1, -0.05) is 38.1 Å². The Morgan fingerprint density at radius 1 is 0.724 bits per heavy atom. The molecule has 0 aliphatic carbocycles. The standard InChI is InChI=1S/C23H28O4S2/c1-23(2,17-5-9-19(10-6-17)26-21(24)13-15-28-3)18-7-11-20(12-8-18)27-22(25)14-16-29-4/h5-12H,13-16H2,1-4H3. The molecule has 0 heterocycles. The summed E-state index contributed by atoms with van der Waals surface area (Å²) >= 11 is 3.24. The fraction of sp³-hybridized carbons (Fsp3) is 0.391. The van der Waals surface area contributed by atoms with Crippen LogP contribution >= 0.6 is 23.5 Å². The minimum absolute atomic E-state index is 0.214. The summed E-state index contributed by atoms with van der Waals surface area (Å²) in [6.45, 7) is 4.26. The molecule has 4 nitrogen and oxygen atoms in total. The molecular weight excluding hydrogens is 404 g/mol. The molecule has 0 N–H and O–H groups in total. The fourth-order valence-electron chi connectivity index (χ4n) is 2.78. The van der Waals surface area contributed by atoms with Crippen molar-refractivity contribution in [2.75, 3.05) is 24.0 Å². The Balaban J connectivity index is 2.04. The zero-order valence-electron chi connectivity index (χ0n) is 17.4. The van der Waals surface area contributed by atoms with Crippen molar-refractivity contribution in [2.45, 2.75) is 32.1 Å². The summed E-state index contributed by atoms with van der Waals surface area (Å²) in [5.41, 5.74) is 1.96. The van der Waals surface area contributed by atoms with Crippen LogP contribution < -0.4 is 9.47 Å². The first-order chi connectivity index (χ1) is 13.9. The molecule has 0 bridgehead atoms. The van der Waals surface area contributed by atoms with Crippen molar-refractivity contribution < 1.29 is 19.1 Å². The lowest BCUT2D eigenvalue weighted by Crippen LogP contribution is -2.19. The molecule has 0 unspecified atom stereocenters. The lowest BCUT2D eigenvalue weighted by atomic mass is 9.78. The molecule has 0 aliphatic heterocycles. The minimum atomic E-state index is -0.247. The number of ether oxygens (including phenoxy) is 2. The van der Waals surface area contributed by atoms with Crippen molar-refractivity contribution in [2.24, 2.45) is 0 Å². The first-order valence-corrected chi connectivity index (χ1v) is 12.3. The largest absolute Gasteiger partial charge is 0.427 e. The molecular formula is C23H28O4S2. The second-order valence-corrected chi connectivity index (χ2v) is 9.08. The van der Waals surface area contributed by atoms with E-state index in [1.165, 1.54) is 0 Å². The number of esters is 2. The summed E-state index contributed by atoms with van der Waals surface area (Å²) < 4.78 is 10.7. The third kappa shape index (κ3) is 7.12. The van der Waals surface area contributed by atoms with Crippen molar-refractivity contribution in [3.63, 3.8) is 0 Å². The molecule has 156 valence electrons. The second-order valence-electron chi connectivity index (χ2n) is 7.11. The maximum atomic E-state index is 11.8. The number of carbonyl (C=O) groups is 2. The van der Waals surface area contributed by atoms with Crippen LogP contribution in [0.4, 0.5) is 0 Å². The van der Waals surface area contributed by atoms with Crippen LogP contribution in [0.3, 0.4) is 0 Å². The molecule has 0 atom stereocenters. The van der Waals surface area contributed by atoms with Gasteiger partial charge < -0.3 is 9.47 Å². The van der Waals surface area contributed by atoms with Gasteiger partial charge in [0.2, 0.25) is 0 Å². The molecule has 6 heteroatoms. The number of hydrogen-bond acceptors (Lipinski definition) is 6. The summed E-state index contributed by atoms with van der Waals surface area (Å²) in [5.74, 6) is 2.20. The highest BCUT2D eigenvalue weighted by molar-refractivity contribution is 7.98. The average molecular weight is 433 g/mol. The van der Waals surface area contributed by atoms with Crippen LogP contribution in [0.25, 0.3) is 0 Å². The zero-order chi connectivity index (χ0) is 21.3. The van der Waals surface area contributed by atoms with Crippen LogP contribution in [0.5, 0.6) is 11.5 Å². The van der Waals surface area contributed by atoms with E-state index in [1.54, 1.807) is 23.5 Å². The molecule has 0 amide bonds. The lowest BCUT2D eigenvalue weighted by Gasteiger charge is -2.26. The number of benzene rings is 2. The molecule has 2 rings (SSSR count). The van der Waals surface area contributed by atoms with Gasteiger partial charge in [0.05, 0.1) is 12.8 Å². The maximum absolute atomic E-state index is 11.8. The monoisotopic (exact) mass is 432 g/mol. The molecule has 0 fully saturated rings. The van der Waals surface area contributed by atoms with Crippen LogP contribution in [-0.2, 0) is 15.0 Å². The topological polar surface area (TPSA) is 52.6 Å². The van der Waals surface area contributed by atoms with Gasteiger partial charge in [-0.15, -0.1) is 0 Å². The van der Waals surface area contributed by atoms with Crippen molar-refractivity contribution in [1.29, 1.82) is 0 Å². The van der Waals surface area contributed by atoms with Gasteiger partial charge in [0, 0.05) is 16.9 Å². The van der Waals surface area contributed by atoms with Crippen molar-refractivity contribution >= 4 is 35.5 Å². The SMILES string of the molecule is CSCCC(=O)Oc1ccc(C(C)(C)c2ccc(OC(=O)CCSC)cc2)cc1. The Bertz CT molecular complexity index is 731. The first kappa shape index (κ1) is 23.4. The van der Waals surface area contributed by atoms with E-state index in [1.807, 2.05) is 61.0 Å². The van der Waals surface area contributed by atoms with E-state index in [9.17, 15) is 9.59 Å². The molecule has 0 saturated carbocycles. The third-order valence-electron chi connectivity index (χ3n) is 4.64. The predicted molar refractivity (Wildman–Crippen MR) is 122 cm³/mol. The highest BCUT2D eigenvalue weighted by Crippen LogP contribution is 2.33. The lowest BCUT2D eigenvalue weighted by molar-refractivity contribution is -0.134. The minimum Gasteiger partial charge on any atom is -0.427 e. The van der Waals surface area contributed by atoms with Crippen LogP contribution in [0.1, 0.15) is 37.8 Å². The Labute approximate surface area is 181 Å². The van der Waals surface area contributed by atoms with Crippen LogP contribution in [-0.4, -0.2) is 36.0 Å². The van der Waals surface area contributed by atoms with E-state index in [2.05, 4.69) is 13.8 Å². The first-order valence-electron chi connectivity index (χ1n) is 9.47. The van der Waals surface area contributed by atoms with Gasteiger partial charge in [-0.3, -0.25) is 9.59 Å². The second kappa shape index (κ2) is 11.3. The smallest absolute Gasteiger partial charge is 0.312 e. The van der Waals surface area contributed by atoms with E-state index in [-0.39, 0.29) is 17.4 Å². The van der Waals surface area contributed by atoms with Gasteiger partial charge in [0.25, 0.3) is 0 Å². The van der Waals surface area contributed by atoms with Crippen LogP contribution in [0.2, 0.25) is 0 Å². The Kier molecular flexibility index (Phi) is 9.11. The molecule has 2 aromatic carbocycles. The van der Waals surface area contributed by atoms with E-state index in [0.29, 0.717) is 24.3 Å². The number of thioether (sulfide) groups is 2. The van der Waals surface area contributed by atoms with Gasteiger partial charge in [-0.2, -0.15) is 23.5 Å². The van der Waals surface area contributed by atoms with Gasteiger partial charge in [0.15, 0.2) is 0 Å². The predicted octanol–water partition coefficient (Wildman–Crippen LogP) is 5.33. The Morgan fingerprint density at radius 3 is 1.38 bits per heavy atom. The van der Waals surface area contributed by atoms with Gasteiger partial charge in [0.1, 0.15) is 11.5 Å². The molecule has 2 aromatic rings. The summed E-state index contributed by atoms with van der Waals surface area (Å²) in [4.78, 5) is 23.5. The molecule has 0 aliphatic rings. The number of carbonyl (C=O) groups excluding carboxylic acids is 2. The molecule has 29 heavy (non-hydrogen) atoms. The van der Waals surface area contributed by atoms with Crippen molar-refractivity contribution in [1.82, 2.24) is 0 Å². The quantitative estimate of drug-likeness (QED) is 0.374. The van der Waals surface area contributed by atoms with Crippen LogP contribution in [0.15, 0.2) is 48.5 Å². The maximum Gasteiger partial charge on any atom is 0.312 e. The van der Waals surface area contributed by atoms with Crippen molar-refractivity contribution in [3.05, 3.63) is 59.7 Å². The molecule has 0 radical (unpaired) electrons. The van der Waals surface area contributed by atoms with Crippen molar-refractivity contribution in [3.8, 4) is 11.5 Å². The summed E-state index contributed by atoms with van der Waals surface area (Å²) in [5, 5.41) is 0. The number of hydrogen-bond donors (Lipinski definition) is 0. The molecule has 0 aromatic heterocycles. The number of rotatable bonds is 10.